The van der Waals surface area contributed by atoms with E-state index in [9.17, 15) is 18.4 Å². The first-order chi connectivity index (χ1) is 15.0. The van der Waals surface area contributed by atoms with E-state index in [2.05, 4.69) is 5.32 Å². The van der Waals surface area contributed by atoms with Gasteiger partial charge in [0, 0.05) is 12.6 Å². The zero-order chi connectivity index (χ0) is 22.2. The van der Waals surface area contributed by atoms with Crippen LogP contribution in [0.15, 0.2) is 48.5 Å². The fourth-order valence-corrected chi connectivity index (χ4v) is 4.16. The number of nitrogens with zero attached hydrogens (tertiary/aromatic N) is 1. The van der Waals surface area contributed by atoms with Gasteiger partial charge in [0.2, 0.25) is 11.8 Å². The van der Waals surface area contributed by atoms with Gasteiger partial charge in [-0.2, -0.15) is 0 Å². The molecule has 0 saturated heterocycles. The van der Waals surface area contributed by atoms with E-state index in [-0.39, 0.29) is 36.6 Å². The number of benzene rings is 2. The molecule has 0 aromatic heterocycles. The standard InChI is InChI=1S/C25H30F2N2O2/c1-2-23(25(31)28-21-9-4-3-5-10-21)29(17-18-12-14-20(26)15-13-18)24(30)16-19-8-6-7-11-22(19)27/h6-8,11-15,21,23H,2-5,9-10,16-17H2,1H3,(H,28,31). The molecule has 0 radical (unpaired) electrons. The molecule has 0 bridgehead atoms. The Morgan fingerprint density at radius 1 is 1.03 bits per heavy atom. The fraction of sp³-hybridized carbons (Fsp3) is 0.440. The van der Waals surface area contributed by atoms with Crippen LogP contribution in [-0.2, 0) is 22.6 Å². The first-order valence-corrected chi connectivity index (χ1v) is 11.1. The van der Waals surface area contributed by atoms with Gasteiger partial charge in [0.25, 0.3) is 0 Å². The highest BCUT2D eigenvalue weighted by Crippen LogP contribution is 2.20. The summed E-state index contributed by atoms with van der Waals surface area (Å²) in [6, 6.07) is 11.5. The van der Waals surface area contributed by atoms with Crippen molar-refractivity contribution in [3.63, 3.8) is 0 Å². The third-order valence-corrected chi connectivity index (χ3v) is 5.90. The predicted molar refractivity (Wildman–Crippen MR) is 116 cm³/mol. The number of carbonyl (C=O) groups is 2. The molecular formula is C25H30F2N2O2. The zero-order valence-electron chi connectivity index (χ0n) is 17.9. The maximum atomic E-state index is 14.1. The van der Waals surface area contributed by atoms with Crippen molar-refractivity contribution >= 4 is 11.8 Å². The van der Waals surface area contributed by atoms with Gasteiger partial charge < -0.3 is 10.2 Å². The molecular weight excluding hydrogens is 398 g/mol. The summed E-state index contributed by atoms with van der Waals surface area (Å²) in [5.41, 5.74) is 1.01. The minimum absolute atomic E-state index is 0.129. The Bertz CT molecular complexity index is 879. The number of amides is 2. The molecule has 4 nitrogen and oxygen atoms in total. The molecule has 1 aliphatic carbocycles. The third kappa shape index (κ3) is 6.36. The monoisotopic (exact) mass is 428 g/mol. The molecule has 0 aliphatic heterocycles. The Balaban J connectivity index is 1.81. The molecule has 0 spiro atoms. The van der Waals surface area contributed by atoms with Crippen LogP contribution in [0.3, 0.4) is 0 Å². The third-order valence-electron chi connectivity index (χ3n) is 5.90. The molecule has 1 aliphatic rings. The topological polar surface area (TPSA) is 49.4 Å². The van der Waals surface area contributed by atoms with Crippen molar-refractivity contribution in [2.75, 3.05) is 0 Å². The number of halogens is 2. The lowest BCUT2D eigenvalue weighted by atomic mass is 9.95. The van der Waals surface area contributed by atoms with Gasteiger partial charge in [0.15, 0.2) is 0 Å². The van der Waals surface area contributed by atoms with Gasteiger partial charge >= 0.3 is 0 Å². The number of hydrogen-bond acceptors (Lipinski definition) is 2. The number of rotatable bonds is 8. The molecule has 31 heavy (non-hydrogen) atoms. The second kappa shape index (κ2) is 11.0. The summed E-state index contributed by atoms with van der Waals surface area (Å²) in [6.07, 6.45) is 5.55. The number of nitrogens with one attached hydrogen (secondary N) is 1. The lowest BCUT2D eigenvalue weighted by Gasteiger charge is -2.33. The van der Waals surface area contributed by atoms with Crippen molar-refractivity contribution in [1.29, 1.82) is 0 Å². The van der Waals surface area contributed by atoms with Crippen molar-refractivity contribution in [3.8, 4) is 0 Å². The van der Waals surface area contributed by atoms with Crippen LogP contribution in [0.25, 0.3) is 0 Å². The molecule has 2 aromatic rings. The Hall–Kier alpha value is -2.76. The Labute approximate surface area is 182 Å². The molecule has 166 valence electrons. The summed E-state index contributed by atoms with van der Waals surface area (Å²) in [7, 11) is 0. The van der Waals surface area contributed by atoms with Crippen LogP contribution in [0.1, 0.15) is 56.6 Å². The normalized spacial score (nSPS) is 15.3. The lowest BCUT2D eigenvalue weighted by Crippen LogP contribution is -2.52. The van der Waals surface area contributed by atoms with Crippen molar-refractivity contribution < 1.29 is 18.4 Å². The van der Waals surface area contributed by atoms with E-state index < -0.39 is 11.9 Å². The Morgan fingerprint density at radius 2 is 1.71 bits per heavy atom. The van der Waals surface area contributed by atoms with Crippen LogP contribution in [0.5, 0.6) is 0 Å². The second-order valence-corrected chi connectivity index (χ2v) is 8.18. The molecule has 1 saturated carbocycles. The highest BCUT2D eigenvalue weighted by Gasteiger charge is 2.30. The Morgan fingerprint density at radius 3 is 2.35 bits per heavy atom. The van der Waals surface area contributed by atoms with E-state index in [1.165, 1.54) is 29.5 Å². The van der Waals surface area contributed by atoms with Gasteiger partial charge in [0.1, 0.15) is 17.7 Å². The number of hydrogen-bond donors (Lipinski definition) is 1. The van der Waals surface area contributed by atoms with Crippen LogP contribution < -0.4 is 5.32 Å². The van der Waals surface area contributed by atoms with Crippen molar-refractivity contribution in [2.24, 2.45) is 0 Å². The average molecular weight is 429 g/mol. The Kier molecular flexibility index (Phi) is 8.15. The molecule has 6 heteroatoms. The van der Waals surface area contributed by atoms with Crippen LogP contribution in [0.4, 0.5) is 8.78 Å². The summed E-state index contributed by atoms with van der Waals surface area (Å²) >= 11 is 0. The molecule has 1 N–H and O–H groups in total. The van der Waals surface area contributed by atoms with Gasteiger partial charge in [-0.05, 0) is 48.6 Å². The van der Waals surface area contributed by atoms with Crippen LogP contribution >= 0.6 is 0 Å². The summed E-state index contributed by atoms with van der Waals surface area (Å²) in [5.74, 6) is -1.33. The predicted octanol–water partition coefficient (Wildman–Crippen LogP) is 4.76. The van der Waals surface area contributed by atoms with Crippen LogP contribution in [0, 0.1) is 11.6 Å². The molecule has 2 amide bonds. The molecule has 3 rings (SSSR count). The highest BCUT2D eigenvalue weighted by atomic mass is 19.1. The molecule has 1 fully saturated rings. The van der Waals surface area contributed by atoms with Gasteiger partial charge in [-0.15, -0.1) is 0 Å². The second-order valence-electron chi connectivity index (χ2n) is 8.18. The SMILES string of the molecule is CCC(C(=O)NC1CCCCC1)N(Cc1ccc(F)cc1)C(=O)Cc1ccccc1F. The maximum absolute atomic E-state index is 14.1. The fourth-order valence-electron chi connectivity index (χ4n) is 4.16. The van der Waals surface area contributed by atoms with E-state index in [1.54, 1.807) is 30.3 Å². The van der Waals surface area contributed by atoms with E-state index >= 15 is 0 Å². The van der Waals surface area contributed by atoms with Crippen LogP contribution in [-0.4, -0.2) is 28.8 Å². The first kappa shape index (κ1) is 22.9. The minimum atomic E-state index is -0.675. The molecule has 1 atom stereocenters. The average Bonchev–Trinajstić information content (AvgIpc) is 2.77. The van der Waals surface area contributed by atoms with Crippen molar-refractivity contribution in [1.82, 2.24) is 10.2 Å². The van der Waals surface area contributed by atoms with Gasteiger partial charge in [-0.3, -0.25) is 9.59 Å². The zero-order valence-corrected chi connectivity index (χ0v) is 17.9. The summed E-state index contributed by atoms with van der Waals surface area (Å²) in [5, 5.41) is 3.11. The molecule has 1 unspecified atom stereocenters. The van der Waals surface area contributed by atoms with Gasteiger partial charge in [-0.25, -0.2) is 8.78 Å². The quantitative estimate of drug-likeness (QED) is 0.659. The van der Waals surface area contributed by atoms with Crippen LogP contribution in [0.2, 0.25) is 0 Å². The molecule has 2 aromatic carbocycles. The first-order valence-electron chi connectivity index (χ1n) is 11.1. The summed E-state index contributed by atoms with van der Waals surface area (Å²) in [6.45, 7) is 2.02. The largest absolute Gasteiger partial charge is 0.352 e. The summed E-state index contributed by atoms with van der Waals surface area (Å²) in [4.78, 5) is 27.8. The van der Waals surface area contributed by atoms with Gasteiger partial charge in [0.05, 0.1) is 6.42 Å². The van der Waals surface area contributed by atoms with E-state index in [4.69, 9.17) is 0 Å². The molecule has 0 heterocycles. The highest BCUT2D eigenvalue weighted by molar-refractivity contribution is 5.88. The number of carbonyl (C=O) groups excluding carboxylic acids is 2. The van der Waals surface area contributed by atoms with E-state index in [1.807, 2.05) is 6.92 Å². The van der Waals surface area contributed by atoms with Gasteiger partial charge in [-0.1, -0.05) is 56.5 Å². The lowest BCUT2D eigenvalue weighted by molar-refractivity contribution is -0.141. The maximum Gasteiger partial charge on any atom is 0.243 e. The minimum Gasteiger partial charge on any atom is -0.352 e. The smallest absolute Gasteiger partial charge is 0.243 e. The van der Waals surface area contributed by atoms with Crippen molar-refractivity contribution in [2.45, 2.75) is 70.5 Å². The van der Waals surface area contributed by atoms with E-state index in [0.29, 0.717) is 17.5 Å². The van der Waals surface area contributed by atoms with Crippen molar-refractivity contribution in [3.05, 3.63) is 71.3 Å². The summed E-state index contributed by atoms with van der Waals surface area (Å²) < 4.78 is 27.5. The van der Waals surface area contributed by atoms with E-state index in [0.717, 1.165) is 25.7 Å².